The van der Waals surface area contributed by atoms with Crippen LogP contribution in [-0.2, 0) is 17.8 Å². The number of anilines is 1. The second kappa shape index (κ2) is 8.77. The predicted molar refractivity (Wildman–Crippen MR) is 104 cm³/mol. The lowest BCUT2D eigenvalue weighted by atomic mass is 10.2. The van der Waals surface area contributed by atoms with Gasteiger partial charge in [-0.3, -0.25) is 9.69 Å². The highest BCUT2D eigenvalue weighted by molar-refractivity contribution is 7.13. The zero-order valence-electron chi connectivity index (χ0n) is 15.8. The van der Waals surface area contributed by atoms with E-state index in [0.717, 1.165) is 0 Å². The van der Waals surface area contributed by atoms with Crippen molar-refractivity contribution >= 4 is 28.9 Å². The van der Waals surface area contributed by atoms with Crippen LogP contribution in [0.15, 0.2) is 40.8 Å². The van der Waals surface area contributed by atoms with Crippen LogP contribution in [0.4, 0.5) is 5.69 Å². The Morgan fingerprint density at radius 2 is 1.96 bits per heavy atom. The average molecular weight is 400 g/mol. The van der Waals surface area contributed by atoms with Gasteiger partial charge in [0.25, 0.3) is 5.91 Å². The number of para-hydroxylation sites is 1. The number of nitrogens with zero attached hydrogens (tertiary/aromatic N) is 3. The van der Waals surface area contributed by atoms with E-state index < -0.39 is 5.97 Å². The molecule has 0 saturated heterocycles. The van der Waals surface area contributed by atoms with Crippen molar-refractivity contribution in [3.63, 3.8) is 0 Å². The molecule has 0 aliphatic carbocycles. The second-order valence-corrected chi connectivity index (χ2v) is 7.23. The molecule has 0 unspecified atom stereocenters. The molecule has 146 valence electrons. The molecule has 0 aliphatic rings. The van der Waals surface area contributed by atoms with Gasteiger partial charge in [-0.05, 0) is 32.2 Å². The first-order valence-corrected chi connectivity index (χ1v) is 9.33. The molecule has 0 spiro atoms. The maximum atomic E-state index is 12.3. The van der Waals surface area contributed by atoms with Gasteiger partial charge < -0.3 is 14.5 Å². The molecule has 0 atom stereocenters. The van der Waals surface area contributed by atoms with E-state index in [1.54, 1.807) is 13.0 Å². The molecule has 0 radical (unpaired) electrons. The molecular weight excluding hydrogens is 380 g/mol. The summed E-state index contributed by atoms with van der Waals surface area (Å²) < 4.78 is 10.3. The number of esters is 1. The van der Waals surface area contributed by atoms with Gasteiger partial charge in [0.05, 0.1) is 20.2 Å². The van der Waals surface area contributed by atoms with Crippen LogP contribution in [0.3, 0.4) is 0 Å². The molecule has 2 heterocycles. The van der Waals surface area contributed by atoms with E-state index in [9.17, 15) is 9.59 Å². The van der Waals surface area contributed by atoms with Gasteiger partial charge in [-0.15, -0.1) is 10.2 Å². The molecule has 3 rings (SSSR count). The fourth-order valence-electron chi connectivity index (χ4n) is 2.60. The first-order chi connectivity index (χ1) is 13.5. The van der Waals surface area contributed by atoms with Crippen LogP contribution in [0.1, 0.15) is 36.7 Å². The summed E-state index contributed by atoms with van der Waals surface area (Å²) in [5, 5.41) is 11.8. The van der Waals surface area contributed by atoms with Gasteiger partial charge in [-0.2, -0.15) is 0 Å². The fourth-order valence-corrected chi connectivity index (χ4v) is 3.42. The van der Waals surface area contributed by atoms with Crippen molar-refractivity contribution < 1.29 is 18.7 Å². The molecule has 8 nitrogen and oxygen atoms in total. The number of rotatable bonds is 7. The highest BCUT2D eigenvalue weighted by Crippen LogP contribution is 2.19. The minimum Gasteiger partial charge on any atom is -0.465 e. The van der Waals surface area contributed by atoms with Crippen LogP contribution in [-0.4, -0.2) is 41.1 Å². The standard InChI is InChI=1S/C19H20N4O4S/c1-12-15(19(25)26-3)9-14(27-12)10-23(2)11-16-21-22-18(28-16)17(24)20-13-7-5-4-6-8-13/h4-9H,10-11H2,1-3H3,(H,20,24). The Morgan fingerprint density at radius 1 is 1.21 bits per heavy atom. The maximum Gasteiger partial charge on any atom is 0.341 e. The van der Waals surface area contributed by atoms with Gasteiger partial charge in [0.2, 0.25) is 5.01 Å². The van der Waals surface area contributed by atoms with Crippen molar-refractivity contribution in [1.29, 1.82) is 0 Å². The number of hydrogen-bond donors (Lipinski definition) is 1. The first-order valence-electron chi connectivity index (χ1n) is 8.51. The summed E-state index contributed by atoms with van der Waals surface area (Å²) in [6, 6.07) is 10.9. The number of amides is 1. The van der Waals surface area contributed by atoms with Crippen LogP contribution in [0.5, 0.6) is 0 Å². The van der Waals surface area contributed by atoms with Crippen LogP contribution >= 0.6 is 11.3 Å². The monoisotopic (exact) mass is 400 g/mol. The Kier molecular flexibility index (Phi) is 6.17. The second-order valence-electron chi connectivity index (χ2n) is 6.17. The maximum absolute atomic E-state index is 12.3. The molecule has 9 heteroatoms. The van der Waals surface area contributed by atoms with Crippen molar-refractivity contribution in [1.82, 2.24) is 15.1 Å². The molecule has 1 amide bonds. The van der Waals surface area contributed by atoms with E-state index in [2.05, 4.69) is 15.5 Å². The van der Waals surface area contributed by atoms with Crippen LogP contribution < -0.4 is 5.32 Å². The van der Waals surface area contributed by atoms with Gasteiger partial charge >= 0.3 is 5.97 Å². The number of aryl methyl sites for hydroxylation is 1. The smallest absolute Gasteiger partial charge is 0.341 e. The molecule has 1 aromatic carbocycles. The zero-order chi connectivity index (χ0) is 20.1. The average Bonchev–Trinajstić information content (AvgIpc) is 3.28. The van der Waals surface area contributed by atoms with Crippen molar-refractivity contribution in [3.8, 4) is 0 Å². The molecule has 3 aromatic rings. The number of ether oxygens (including phenoxy) is 1. The van der Waals surface area contributed by atoms with Crippen molar-refractivity contribution in [3.05, 3.63) is 63.5 Å². The fraction of sp³-hybridized carbons (Fsp3) is 0.263. The Balaban J connectivity index is 1.59. The summed E-state index contributed by atoms with van der Waals surface area (Å²) in [5.74, 6) is 0.452. The van der Waals surface area contributed by atoms with E-state index >= 15 is 0 Å². The molecule has 0 bridgehead atoms. The third kappa shape index (κ3) is 4.81. The number of nitrogens with one attached hydrogen (secondary N) is 1. The van der Waals surface area contributed by atoms with Gasteiger partial charge in [-0.1, -0.05) is 29.5 Å². The summed E-state index contributed by atoms with van der Waals surface area (Å²) in [4.78, 5) is 25.9. The Labute approximate surface area is 166 Å². The van der Waals surface area contributed by atoms with Crippen molar-refractivity contribution in [2.75, 3.05) is 19.5 Å². The molecule has 2 aromatic heterocycles. The minimum absolute atomic E-state index is 0.290. The topological polar surface area (TPSA) is 97.6 Å². The largest absolute Gasteiger partial charge is 0.465 e. The lowest BCUT2D eigenvalue weighted by molar-refractivity contribution is 0.0598. The number of carbonyl (C=O) groups is 2. The summed E-state index contributed by atoms with van der Waals surface area (Å²) in [5.41, 5.74) is 1.12. The van der Waals surface area contributed by atoms with E-state index in [1.807, 2.05) is 42.3 Å². The predicted octanol–water partition coefficient (Wildman–Crippen LogP) is 3.11. The molecule has 0 saturated carbocycles. The minimum atomic E-state index is -0.423. The quantitative estimate of drug-likeness (QED) is 0.609. The Hall–Kier alpha value is -3.04. The number of benzene rings is 1. The van der Waals surface area contributed by atoms with Crippen LogP contribution in [0.25, 0.3) is 0 Å². The number of aromatic nitrogens is 2. The van der Waals surface area contributed by atoms with E-state index in [4.69, 9.17) is 9.15 Å². The van der Waals surface area contributed by atoms with Crippen molar-refractivity contribution in [2.24, 2.45) is 0 Å². The zero-order valence-corrected chi connectivity index (χ0v) is 16.6. The number of hydrogen-bond acceptors (Lipinski definition) is 8. The normalized spacial score (nSPS) is 10.9. The Morgan fingerprint density at radius 3 is 2.68 bits per heavy atom. The number of furan rings is 1. The van der Waals surface area contributed by atoms with Gasteiger partial charge in [0, 0.05) is 5.69 Å². The lowest BCUT2D eigenvalue weighted by Crippen LogP contribution is -2.16. The SMILES string of the molecule is COC(=O)c1cc(CN(C)Cc2nnc(C(=O)Nc3ccccc3)s2)oc1C. The van der Waals surface area contributed by atoms with Gasteiger partial charge in [-0.25, -0.2) is 4.79 Å². The lowest BCUT2D eigenvalue weighted by Gasteiger charge is -2.12. The summed E-state index contributed by atoms with van der Waals surface area (Å²) in [7, 11) is 3.22. The highest BCUT2D eigenvalue weighted by atomic mass is 32.1. The number of methoxy groups -OCH3 is 1. The number of carbonyl (C=O) groups excluding carboxylic acids is 2. The van der Waals surface area contributed by atoms with E-state index in [-0.39, 0.29) is 5.91 Å². The summed E-state index contributed by atoms with van der Waals surface area (Å²) >= 11 is 1.24. The summed E-state index contributed by atoms with van der Waals surface area (Å²) in [6.45, 7) is 2.69. The highest BCUT2D eigenvalue weighted by Gasteiger charge is 2.18. The van der Waals surface area contributed by atoms with Crippen molar-refractivity contribution in [2.45, 2.75) is 20.0 Å². The van der Waals surface area contributed by atoms with Crippen LogP contribution in [0, 0.1) is 6.92 Å². The summed E-state index contributed by atoms with van der Waals surface area (Å²) in [6.07, 6.45) is 0. The third-order valence-electron chi connectivity index (χ3n) is 3.90. The third-order valence-corrected chi connectivity index (χ3v) is 4.80. The molecular formula is C19H20N4O4S. The first kappa shape index (κ1) is 19.7. The van der Waals surface area contributed by atoms with E-state index in [1.165, 1.54) is 18.4 Å². The van der Waals surface area contributed by atoms with Gasteiger partial charge in [0.15, 0.2) is 0 Å². The molecule has 28 heavy (non-hydrogen) atoms. The molecule has 0 aliphatic heterocycles. The molecule has 1 N–H and O–H groups in total. The van der Waals surface area contributed by atoms with Crippen LogP contribution in [0.2, 0.25) is 0 Å². The van der Waals surface area contributed by atoms with Gasteiger partial charge in [0.1, 0.15) is 22.1 Å². The molecule has 0 fully saturated rings. The van der Waals surface area contributed by atoms with E-state index in [0.29, 0.717) is 45.9 Å². The Bertz CT molecular complexity index is 967.